The summed E-state index contributed by atoms with van der Waals surface area (Å²) in [5, 5.41) is 3.44. The van der Waals surface area contributed by atoms with Crippen molar-refractivity contribution < 1.29 is 9.13 Å². The summed E-state index contributed by atoms with van der Waals surface area (Å²) < 4.78 is 20.0. The van der Waals surface area contributed by atoms with Gasteiger partial charge in [0, 0.05) is 31.1 Å². The summed E-state index contributed by atoms with van der Waals surface area (Å²) in [4.78, 5) is 4.15. The molecule has 0 bridgehead atoms. The second kappa shape index (κ2) is 5.84. The number of anilines is 1. The molecule has 0 aliphatic heterocycles. The quantitative estimate of drug-likeness (QED) is 0.849. The molecule has 2 rings (SSSR count). The van der Waals surface area contributed by atoms with Crippen LogP contribution in [0.5, 0.6) is 0 Å². The van der Waals surface area contributed by atoms with Crippen molar-refractivity contribution >= 4 is 17.5 Å². The Hall–Kier alpha value is -1.59. The minimum Gasteiger partial charge on any atom is -0.383 e. The van der Waals surface area contributed by atoms with Crippen LogP contribution in [0.1, 0.15) is 0 Å². The van der Waals surface area contributed by atoms with Gasteiger partial charge in [-0.1, -0.05) is 11.6 Å². The second-order valence-electron chi connectivity index (χ2n) is 3.67. The van der Waals surface area contributed by atoms with Crippen LogP contribution in [0.15, 0.2) is 30.6 Å². The molecular weight excluding hydrogens is 257 g/mol. The molecule has 2 aromatic rings. The van der Waals surface area contributed by atoms with Gasteiger partial charge in [0.25, 0.3) is 0 Å². The number of hydrogen-bond donors (Lipinski definition) is 1. The van der Waals surface area contributed by atoms with E-state index >= 15 is 0 Å². The number of rotatable bonds is 5. The molecule has 96 valence electrons. The highest BCUT2D eigenvalue weighted by Gasteiger charge is 2.06. The van der Waals surface area contributed by atoms with Crippen LogP contribution < -0.4 is 5.32 Å². The Morgan fingerprint density at radius 2 is 2.28 bits per heavy atom. The first kappa shape index (κ1) is 12.9. The van der Waals surface area contributed by atoms with Crippen molar-refractivity contribution in [2.75, 3.05) is 25.6 Å². The van der Waals surface area contributed by atoms with Crippen LogP contribution in [0.2, 0.25) is 5.02 Å². The summed E-state index contributed by atoms with van der Waals surface area (Å²) in [5.41, 5.74) is 0.623. The number of ether oxygens (including phenoxy) is 1. The first-order valence-electron chi connectivity index (χ1n) is 5.43. The molecule has 0 saturated carbocycles. The van der Waals surface area contributed by atoms with E-state index in [1.165, 1.54) is 12.1 Å². The molecule has 0 unspecified atom stereocenters. The molecular formula is C12H13ClFN3O. The lowest BCUT2D eigenvalue weighted by Crippen LogP contribution is -2.11. The lowest BCUT2D eigenvalue weighted by molar-refractivity contribution is 0.210. The van der Waals surface area contributed by atoms with E-state index in [1.807, 2.05) is 0 Å². The van der Waals surface area contributed by atoms with Crippen LogP contribution in [0.25, 0.3) is 5.69 Å². The van der Waals surface area contributed by atoms with Gasteiger partial charge in [-0.2, -0.15) is 0 Å². The van der Waals surface area contributed by atoms with E-state index in [0.717, 1.165) is 0 Å². The van der Waals surface area contributed by atoms with Crippen LogP contribution in [-0.4, -0.2) is 29.8 Å². The highest BCUT2D eigenvalue weighted by molar-refractivity contribution is 6.30. The normalized spacial score (nSPS) is 10.6. The van der Waals surface area contributed by atoms with Gasteiger partial charge in [-0.3, -0.25) is 4.57 Å². The number of hydrogen-bond acceptors (Lipinski definition) is 3. The van der Waals surface area contributed by atoms with Gasteiger partial charge in [-0.05, 0) is 18.2 Å². The molecule has 18 heavy (non-hydrogen) atoms. The van der Waals surface area contributed by atoms with Crippen LogP contribution in [0.3, 0.4) is 0 Å². The molecule has 6 heteroatoms. The summed E-state index contributed by atoms with van der Waals surface area (Å²) in [5.74, 6) is 0.239. The molecule has 0 amide bonds. The summed E-state index contributed by atoms with van der Waals surface area (Å²) in [6, 6.07) is 4.34. The summed E-state index contributed by atoms with van der Waals surface area (Å²) >= 11 is 5.83. The molecule has 0 atom stereocenters. The Balaban J connectivity index is 2.24. The first-order chi connectivity index (χ1) is 8.70. The SMILES string of the molecule is COCCNc1nccn1-c1cc(F)cc(Cl)c1. The average Bonchev–Trinajstić information content (AvgIpc) is 2.76. The van der Waals surface area contributed by atoms with Gasteiger partial charge in [0.2, 0.25) is 5.95 Å². The van der Waals surface area contributed by atoms with Crippen LogP contribution in [-0.2, 0) is 4.74 Å². The number of nitrogens with one attached hydrogen (secondary N) is 1. The number of imidazole rings is 1. The number of nitrogens with zero attached hydrogens (tertiary/aromatic N) is 2. The molecule has 0 fully saturated rings. The molecule has 1 aromatic heterocycles. The van der Waals surface area contributed by atoms with Gasteiger partial charge < -0.3 is 10.1 Å². The average molecular weight is 270 g/mol. The zero-order chi connectivity index (χ0) is 13.0. The monoisotopic (exact) mass is 269 g/mol. The van der Waals surface area contributed by atoms with E-state index in [0.29, 0.717) is 29.8 Å². The summed E-state index contributed by atoms with van der Waals surface area (Å²) in [7, 11) is 1.63. The first-order valence-corrected chi connectivity index (χ1v) is 5.81. The topological polar surface area (TPSA) is 39.1 Å². The summed E-state index contributed by atoms with van der Waals surface area (Å²) in [6.07, 6.45) is 3.37. The van der Waals surface area contributed by atoms with Crippen LogP contribution in [0, 0.1) is 5.82 Å². The maximum atomic E-state index is 13.3. The molecule has 0 saturated heterocycles. The third kappa shape index (κ3) is 3.00. The maximum Gasteiger partial charge on any atom is 0.207 e. The van der Waals surface area contributed by atoms with Crippen molar-refractivity contribution in [1.82, 2.24) is 9.55 Å². The Morgan fingerprint density at radius 3 is 3.00 bits per heavy atom. The number of halogens is 2. The fraction of sp³-hybridized carbons (Fsp3) is 0.250. The van der Waals surface area contributed by atoms with E-state index in [1.54, 1.807) is 30.1 Å². The predicted octanol–water partition coefficient (Wildman–Crippen LogP) is 2.72. The minimum atomic E-state index is -0.381. The van der Waals surface area contributed by atoms with E-state index in [9.17, 15) is 4.39 Å². The van der Waals surface area contributed by atoms with Crippen molar-refractivity contribution in [2.45, 2.75) is 0 Å². The standard InChI is InChI=1S/C12H13ClFN3O/c1-18-5-3-16-12-15-2-4-17(12)11-7-9(13)6-10(14)8-11/h2,4,6-8H,3,5H2,1H3,(H,15,16). The van der Waals surface area contributed by atoms with Gasteiger partial charge in [0.05, 0.1) is 12.3 Å². The Morgan fingerprint density at radius 1 is 1.44 bits per heavy atom. The van der Waals surface area contributed by atoms with Gasteiger partial charge in [-0.25, -0.2) is 9.37 Å². The lowest BCUT2D eigenvalue weighted by atomic mass is 10.3. The van der Waals surface area contributed by atoms with E-state index in [2.05, 4.69) is 10.3 Å². The van der Waals surface area contributed by atoms with Gasteiger partial charge in [-0.15, -0.1) is 0 Å². The van der Waals surface area contributed by atoms with Crippen molar-refractivity contribution in [2.24, 2.45) is 0 Å². The minimum absolute atomic E-state index is 0.349. The van der Waals surface area contributed by atoms with E-state index < -0.39 is 0 Å². The van der Waals surface area contributed by atoms with Gasteiger partial charge >= 0.3 is 0 Å². The third-order valence-corrected chi connectivity index (χ3v) is 2.57. The number of benzene rings is 1. The van der Waals surface area contributed by atoms with Crippen molar-refractivity contribution in [3.8, 4) is 5.69 Å². The Bertz CT molecular complexity index is 510. The fourth-order valence-electron chi connectivity index (χ4n) is 1.59. The molecule has 0 aliphatic carbocycles. The number of aromatic nitrogens is 2. The van der Waals surface area contributed by atoms with Crippen molar-refractivity contribution in [3.05, 3.63) is 41.4 Å². The van der Waals surface area contributed by atoms with E-state index in [4.69, 9.17) is 16.3 Å². The molecule has 1 heterocycles. The molecule has 0 spiro atoms. The Labute approximate surface area is 109 Å². The molecule has 1 aromatic carbocycles. The van der Waals surface area contributed by atoms with E-state index in [-0.39, 0.29) is 5.82 Å². The molecule has 1 N–H and O–H groups in total. The Kier molecular flexibility index (Phi) is 4.17. The molecule has 0 aliphatic rings. The van der Waals surface area contributed by atoms with Gasteiger partial charge in [0.1, 0.15) is 5.82 Å². The van der Waals surface area contributed by atoms with Crippen molar-refractivity contribution in [3.63, 3.8) is 0 Å². The predicted molar refractivity (Wildman–Crippen MR) is 68.9 cm³/mol. The third-order valence-electron chi connectivity index (χ3n) is 2.36. The summed E-state index contributed by atoms with van der Waals surface area (Å²) in [6.45, 7) is 1.19. The van der Waals surface area contributed by atoms with Crippen molar-refractivity contribution in [1.29, 1.82) is 0 Å². The molecule has 4 nitrogen and oxygen atoms in total. The highest BCUT2D eigenvalue weighted by Crippen LogP contribution is 2.20. The lowest BCUT2D eigenvalue weighted by Gasteiger charge is -2.10. The fourth-order valence-corrected chi connectivity index (χ4v) is 1.80. The highest BCUT2D eigenvalue weighted by atomic mass is 35.5. The van der Waals surface area contributed by atoms with Gasteiger partial charge in [0.15, 0.2) is 0 Å². The second-order valence-corrected chi connectivity index (χ2v) is 4.10. The smallest absolute Gasteiger partial charge is 0.207 e. The maximum absolute atomic E-state index is 13.3. The van der Waals surface area contributed by atoms with Crippen LogP contribution >= 0.6 is 11.6 Å². The molecule has 0 radical (unpaired) electrons. The number of methoxy groups -OCH3 is 1. The largest absolute Gasteiger partial charge is 0.383 e. The zero-order valence-electron chi connectivity index (χ0n) is 9.86. The van der Waals surface area contributed by atoms with Crippen LogP contribution in [0.4, 0.5) is 10.3 Å². The zero-order valence-corrected chi connectivity index (χ0v) is 10.6.